The van der Waals surface area contributed by atoms with Gasteiger partial charge in [0.25, 0.3) is 11.8 Å². The summed E-state index contributed by atoms with van der Waals surface area (Å²) >= 11 is 0. The predicted octanol–water partition coefficient (Wildman–Crippen LogP) is 3.53. The van der Waals surface area contributed by atoms with Crippen LogP contribution in [-0.4, -0.2) is 99.6 Å². The number of halogens is 3. The predicted molar refractivity (Wildman–Crippen MR) is 187 cm³/mol. The third-order valence-corrected chi connectivity index (χ3v) is 9.45. The van der Waals surface area contributed by atoms with Crippen LogP contribution in [0.25, 0.3) is 11.4 Å². The first-order chi connectivity index (χ1) is 25.9. The van der Waals surface area contributed by atoms with E-state index in [2.05, 4.69) is 40.8 Å². The summed E-state index contributed by atoms with van der Waals surface area (Å²) in [7, 11) is 0. The number of H-pyrrole nitrogens is 1. The average Bonchev–Trinajstić information content (AvgIpc) is 3.81. The molecule has 280 valence electrons. The third kappa shape index (κ3) is 8.02. The molecule has 1 unspecified atom stereocenters. The van der Waals surface area contributed by atoms with E-state index in [0.29, 0.717) is 66.6 Å². The van der Waals surface area contributed by atoms with Crippen LogP contribution in [0.3, 0.4) is 0 Å². The van der Waals surface area contributed by atoms with Crippen LogP contribution in [0.4, 0.5) is 30.2 Å². The molecule has 7 rings (SSSR count). The van der Waals surface area contributed by atoms with Crippen molar-refractivity contribution >= 4 is 46.6 Å². The van der Waals surface area contributed by atoms with Crippen molar-refractivity contribution in [3.8, 4) is 17.1 Å². The molecule has 0 bridgehead atoms. The number of benzene rings is 2. The Morgan fingerprint density at radius 1 is 0.944 bits per heavy atom. The van der Waals surface area contributed by atoms with Crippen molar-refractivity contribution in [2.24, 2.45) is 0 Å². The lowest BCUT2D eigenvalue weighted by molar-refractivity contribution is -0.274. The molecular weight excluding hydrogens is 711 g/mol. The van der Waals surface area contributed by atoms with Crippen molar-refractivity contribution in [1.29, 1.82) is 0 Å². The number of carbonyl (C=O) groups excluding carboxylic acids is 5. The third-order valence-electron chi connectivity index (χ3n) is 9.45. The number of imide groups is 1. The van der Waals surface area contributed by atoms with Gasteiger partial charge in [0.1, 0.15) is 11.7 Å². The van der Waals surface area contributed by atoms with Crippen molar-refractivity contribution in [2.75, 3.05) is 48.3 Å². The number of piperidine rings is 1. The molecule has 0 aliphatic carbocycles. The summed E-state index contributed by atoms with van der Waals surface area (Å²) in [5.74, 6) is -2.81. The highest BCUT2D eigenvalue weighted by Gasteiger charge is 2.40. The zero-order chi connectivity index (χ0) is 38.0. The molecule has 0 saturated carbocycles. The van der Waals surface area contributed by atoms with Gasteiger partial charge in [-0.3, -0.25) is 39.3 Å². The average molecular weight is 746 g/mol. The SMILES string of the molecule is O=C1CCC(N2Cc3c(NC(=O)CCN4CCN(c5ccc(NC(=O)c6cccc(-c7ccn[nH]7)n6)c(OC(F)(F)F)c5)CC4)cccc3C2=O)C(=O)N1. The minimum Gasteiger partial charge on any atom is -0.403 e. The number of ether oxygens (including phenoxy) is 1. The standard InChI is InChI=1S/C36H34F3N9O6/c37-36(38,39)54-30-19-21(7-8-27(30)43-33(51)28-6-2-5-25(41-28)26-11-13-40-45-26)47-17-15-46(16-18-47)14-12-32(50)42-24-4-1-3-22-23(24)20-48(35(22)53)29-9-10-31(49)44-34(29)52/h1-8,11,13,19,29H,9-10,12,14-18,20H2,(H,40,45)(H,42,50)(H,43,51)(H,44,49,52). The first-order valence-electron chi connectivity index (χ1n) is 17.1. The molecular formula is C36H34F3N9O6. The summed E-state index contributed by atoms with van der Waals surface area (Å²) in [5.41, 5.74) is 2.71. The Morgan fingerprint density at radius 2 is 1.74 bits per heavy atom. The highest BCUT2D eigenvalue weighted by molar-refractivity contribution is 6.07. The number of alkyl halides is 3. The molecule has 0 radical (unpaired) electrons. The van der Waals surface area contributed by atoms with Gasteiger partial charge in [0.15, 0.2) is 5.75 Å². The zero-order valence-electron chi connectivity index (χ0n) is 28.6. The molecule has 15 nitrogen and oxygen atoms in total. The number of nitrogens with zero attached hydrogens (tertiary/aromatic N) is 5. The molecule has 54 heavy (non-hydrogen) atoms. The first-order valence-corrected chi connectivity index (χ1v) is 17.1. The maximum Gasteiger partial charge on any atom is 0.573 e. The van der Waals surface area contributed by atoms with Gasteiger partial charge in [0.05, 0.1) is 17.1 Å². The number of amides is 5. The fraction of sp³-hybridized carbons (Fsp3) is 0.306. The molecule has 4 N–H and O–H groups in total. The molecule has 5 heterocycles. The first kappa shape index (κ1) is 36.1. The second kappa shape index (κ2) is 15.0. The molecule has 2 aromatic heterocycles. The van der Waals surface area contributed by atoms with Gasteiger partial charge < -0.3 is 25.2 Å². The van der Waals surface area contributed by atoms with Gasteiger partial charge in [0.2, 0.25) is 17.7 Å². The Bertz CT molecular complexity index is 2100. The molecule has 3 aliphatic rings. The molecule has 0 spiro atoms. The molecule has 1 atom stereocenters. The molecule has 2 saturated heterocycles. The molecule has 4 aromatic rings. The normalized spacial score (nSPS) is 17.6. The maximum absolute atomic E-state index is 13.5. The van der Waals surface area contributed by atoms with Crippen molar-refractivity contribution < 1.29 is 41.9 Å². The highest BCUT2D eigenvalue weighted by Crippen LogP contribution is 2.35. The lowest BCUT2D eigenvalue weighted by atomic mass is 10.0. The van der Waals surface area contributed by atoms with Gasteiger partial charge in [-0.1, -0.05) is 12.1 Å². The van der Waals surface area contributed by atoms with E-state index in [-0.39, 0.29) is 54.9 Å². The van der Waals surface area contributed by atoms with Gasteiger partial charge in [-0.25, -0.2) is 4.98 Å². The van der Waals surface area contributed by atoms with Crippen LogP contribution in [0.1, 0.15) is 45.7 Å². The number of hydrogen-bond acceptors (Lipinski definition) is 10. The van der Waals surface area contributed by atoms with E-state index in [1.165, 1.54) is 29.3 Å². The number of anilines is 3. The Labute approximate surface area is 305 Å². The maximum atomic E-state index is 13.5. The Morgan fingerprint density at radius 3 is 2.48 bits per heavy atom. The van der Waals surface area contributed by atoms with E-state index in [1.54, 1.807) is 42.5 Å². The smallest absolute Gasteiger partial charge is 0.403 e. The van der Waals surface area contributed by atoms with Crippen molar-refractivity contribution in [3.63, 3.8) is 0 Å². The second-order valence-corrected chi connectivity index (χ2v) is 12.9. The Kier molecular flexibility index (Phi) is 10.0. The van der Waals surface area contributed by atoms with Crippen molar-refractivity contribution in [1.82, 2.24) is 30.3 Å². The number of hydrogen-bond donors (Lipinski definition) is 4. The second-order valence-electron chi connectivity index (χ2n) is 12.9. The number of nitrogens with one attached hydrogen (secondary N) is 4. The van der Waals surface area contributed by atoms with Crippen LogP contribution < -0.4 is 25.6 Å². The summed E-state index contributed by atoms with van der Waals surface area (Å²) < 4.78 is 44.7. The molecule has 2 fully saturated rings. The van der Waals surface area contributed by atoms with Gasteiger partial charge in [-0.15, -0.1) is 13.2 Å². The summed E-state index contributed by atoms with van der Waals surface area (Å²) in [6, 6.07) is 14.8. The fourth-order valence-electron chi connectivity index (χ4n) is 6.72. The topological polar surface area (TPSA) is 182 Å². The molecule has 18 heteroatoms. The lowest BCUT2D eigenvalue weighted by Crippen LogP contribution is -2.52. The summed E-state index contributed by atoms with van der Waals surface area (Å²) in [5, 5.41) is 14.2. The van der Waals surface area contributed by atoms with Crippen LogP contribution >= 0.6 is 0 Å². The summed E-state index contributed by atoms with van der Waals surface area (Å²) in [6.07, 6.45) is -2.98. The largest absolute Gasteiger partial charge is 0.573 e. The van der Waals surface area contributed by atoms with E-state index in [9.17, 15) is 37.1 Å². The summed E-state index contributed by atoms with van der Waals surface area (Å²) in [4.78, 5) is 72.8. The summed E-state index contributed by atoms with van der Waals surface area (Å²) in [6.45, 7) is 2.49. The zero-order valence-corrected chi connectivity index (χ0v) is 28.6. The van der Waals surface area contributed by atoms with Gasteiger partial charge in [-0.05, 0) is 48.9 Å². The highest BCUT2D eigenvalue weighted by atomic mass is 19.4. The van der Waals surface area contributed by atoms with E-state index in [0.717, 1.165) is 0 Å². The van der Waals surface area contributed by atoms with E-state index in [1.807, 2.05) is 4.90 Å². The quantitative estimate of drug-likeness (QED) is 0.175. The molecule has 2 aromatic carbocycles. The van der Waals surface area contributed by atoms with Gasteiger partial charge >= 0.3 is 6.36 Å². The number of fused-ring (bicyclic) bond motifs is 1. The van der Waals surface area contributed by atoms with Crippen LogP contribution in [-0.2, 0) is 20.9 Å². The van der Waals surface area contributed by atoms with Crippen LogP contribution in [0.5, 0.6) is 5.75 Å². The lowest BCUT2D eigenvalue weighted by Gasteiger charge is -2.36. The van der Waals surface area contributed by atoms with E-state index >= 15 is 0 Å². The minimum absolute atomic E-state index is 0.0202. The number of carbonyl (C=O) groups is 5. The number of pyridine rings is 1. The number of piperazine rings is 1. The van der Waals surface area contributed by atoms with Crippen molar-refractivity contribution in [3.05, 3.63) is 83.7 Å². The van der Waals surface area contributed by atoms with E-state index in [4.69, 9.17) is 0 Å². The molecule has 3 aliphatic heterocycles. The fourth-order valence-corrected chi connectivity index (χ4v) is 6.72. The minimum atomic E-state index is -5.02. The van der Waals surface area contributed by atoms with Crippen LogP contribution in [0, 0.1) is 0 Å². The van der Waals surface area contributed by atoms with Crippen LogP contribution in [0.2, 0.25) is 0 Å². The van der Waals surface area contributed by atoms with Gasteiger partial charge in [0, 0.05) is 86.9 Å². The number of aromatic amines is 1. The van der Waals surface area contributed by atoms with Crippen LogP contribution in [0.15, 0.2) is 66.9 Å². The van der Waals surface area contributed by atoms with Crippen molar-refractivity contribution in [2.45, 2.75) is 38.2 Å². The Balaban J connectivity index is 0.936. The van der Waals surface area contributed by atoms with Gasteiger partial charge in [-0.2, -0.15) is 5.10 Å². The molecule has 5 amide bonds. The number of aromatic nitrogens is 3. The Hall–Kier alpha value is -6.30. The van der Waals surface area contributed by atoms with E-state index < -0.39 is 30.0 Å². The monoisotopic (exact) mass is 745 g/mol. The number of rotatable bonds is 10.